The maximum Gasteiger partial charge on any atom is 0.410 e. The molecule has 0 radical (unpaired) electrons. The van der Waals surface area contributed by atoms with Gasteiger partial charge < -0.3 is 15.2 Å². The second-order valence-electron chi connectivity index (χ2n) is 8.60. The fraction of sp³-hybridized carbons (Fsp3) is 0.286. The molecule has 8 heteroatoms. The molecule has 0 aliphatic heterocycles. The van der Waals surface area contributed by atoms with Gasteiger partial charge >= 0.3 is 6.09 Å². The van der Waals surface area contributed by atoms with Gasteiger partial charge in [0.05, 0.1) is 18.5 Å². The van der Waals surface area contributed by atoms with Crippen LogP contribution >= 0.6 is 0 Å². The molecule has 0 spiro atoms. The van der Waals surface area contributed by atoms with E-state index < -0.39 is 6.09 Å². The first kappa shape index (κ1) is 24.9. The van der Waals surface area contributed by atoms with Crippen molar-refractivity contribution >= 4 is 29.1 Å². The van der Waals surface area contributed by atoms with E-state index in [0.717, 1.165) is 48.8 Å². The Hall–Kier alpha value is -4.20. The van der Waals surface area contributed by atoms with Gasteiger partial charge in [-0.2, -0.15) is 0 Å². The number of amides is 2. The van der Waals surface area contributed by atoms with Gasteiger partial charge in [0.25, 0.3) is 5.91 Å². The molecule has 0 fully saturated rings. The molecule has 8 nitrogen and oxygen atoms in total. The zero-order valence-electron chi connectivity index (χ0n) is 20.3. The first-order valence-corrected chi connectivity index (χ1v) is 12.2. The van der Waals surface area contributed by atoms with Crippen LogP contribution in [0.4, 0.5) is 16.3 Å². The van der Waals surface area contributed by atoms with Crippen LogP contribution in [0.25, 0.3) is 5.57 Å². The van der Waals surface area contributed by atoms with Crippen LogP contribution in [-0.4, -0.2) is 33.7 Å². The number of hydrogen-bond acceptors (Lipinski definition) is 5. The Morgan fingerprint density at radius 1 is 1.00 bits per heavy atom. The predicted molar refractivity (Wildman–Crippen MR) is 139 cm³/mol. The Balaban J connectivity index is 1.34. The molecule has 3 aromatic rings. The Labute approximate surface area is 210 Å². The third-order valence-electron chi connectivity index (χ3n) is 6.10. The van der Waals surface area contributed by atoms with Gasteiger partial charge in [-0.15, -0.1) is 0 Å². The molecule has 186 valence electrons. The molecule has 0 saturated heterocycles. The molecule has 1 aliphatic carbocycles. The monoisotopic (exact) mass is 486 g/mol. The minimum absolute atomic E-state index is 0.0827. The van der Waals surface area contributed by atoms with Crippen molar-refractivity contribution in [1.29, 1.82) is 0 Å². The van der Waals surface area contributed by atoms with Crippen LogP contribution in [0.15, 0.2) is 66.4 Å². The number of hydrogen-bond donors (Lipinski definition) is 3. The average Bonchev–Trinajstić information content (AvgIpc) is 2.89. The van der Waals surface area contributed by atoms with Gasteiger partial charge in [-0.25, -0.2) is 14.8 Å². The van der Waals surface area contributed by atoms with Crippen molar-refractivity contribution in [3.8, 4) is 5.88 Å². The zero-order chi connectivity index (χ0) is 25.3. The third kappa shape index (κ3) is 6.69. The number of carbonyl (C=O) groups is 2. The highest BCUT2D eigenvalue weighted by Gasteiger charge is 2.20. The van der Waals surface area contributed by atoms with Gasteiger partial charge in [0.1, 0.15) is 5.82 Å². The van der Waals surface area contributed by atoms with E-state index in [4.69, 9.17) is 9.84 Å². The molecule has 1 aliphatic rings. The number of pyridine rings is 2. The lowest BCUT2D eigenvalue weighted by molar-refractivity contribution is -0.113. The fourth-order valence-electron chi connectivity index (χ4n) is 4.22. The van der Waals surface area contributed by atoms with Crippen LogP contribution < -0.4 is 15.4 Å². The number of aromatic nitrogens is 2. The first-order valence-electron chi connectivity index (χ1n) is 12.2. The highest BCUT2D eigenvalue weighted by molar-refractivity contribution is 6.09. The van der Waals surface area contributed by atoms with E-state index in [0.29, 0.717) is 30.3 Å². The van der Waals surface area contributed by atoms with Gasteiger partial charge in [0, 0.05) is 23.8 Å². The second kappa shape index (κ2) is 12.0. The summed E-state index contributed by atoms with van der Waals surface area (Å²) in [7, 11) is 0. The Bertz CT molecular complexity index is 1240. The molecule has 2 aromatic heterocycles. The maximum atomic E-state index is 13.1. The third-order valence-corrected chi connectivity index (χ3v) is 6.10. The van der Waals surface area contributed by atoms with E-state index in [1.165, 1.54) is 5.56 Å². The van der Waals surface area contributed by atoms with Crippen LogP contribution in [0.1, 0.15) is 49.4 Å². The summed E-state index contributed by atoms with van der Waals surface area (Å²) in [5, 5.41) is 14.0. The smallest absolute Gasteiger partial charge is 0.410 e. The predicted octanol–water partition coefficient (Wildman–Crippen LogP) is 5.72. The summed E-state index contributed by atoms with van der Waals surface area (Å²) in [5.74, 6) is 0.620. The van der Waals surface area contributed by atoms with Crippen molar-refractivity contribution in [3.05, 3.63) is 83.2 Å². The van der Waals surface area contributed by atoms with E-state index in [1.807, 2.05) is 0 Å². The number of rotatable bonds is 9. The molecule has 0 unspecified atom stereocenters. The van der Waals surface area contributed by atoms with Crippen molar-refractivity contribution in [2.24, 2.45) is 0 Å². The van der Waals surface area contributed by atoms with Gasteiger partial charge in [-0.1, -0.05) is 37.3 Å². The van der Waals surface area contributed by atoms with E-state index >= 15 is 0 Å². The van der Waals surface area contributed by atoms with Crippen molar-refractivity contribution in [1.82, 2.24) is 9.97 Å². The largest absolute Gasteiger partial charge is 0.477 e. The van der Waals surface area contributed by atoms with Crippen molar-refractivity contribution in [2.75, 3.05) is 17.2 Å². The number of allylic oxidation sites excluding steroid dienone is 1. The molecule has 0 saturated carbocycles. The van der Waals surface area contributed by atoms with Crippen LogP contribution in [0.3, 0.4) is 0 Å². The number of anilines is 2. The number of carboxylic acid groups (broad SMARTS) is 1. The Morgan fingerprint density at radius 2 is 1.81 bits per heavy atom. The standard InChI is InChI=1S/C28H30N4O4/c1-2-19-10-12-20(13-11-19)23-7-3-4-8-24(23)27(33)31-22-14-15-26(29-18-22)36-17-16-21-6-5-9-25(30-21)32-28(34)35/h5-6,9-15,18H,2-4,7-8,16-17H2,1H3,(H,30,32)(H,31,33)(H,34,35). The summed E-state index contributed by atoms with van der Waals surface area (Å²) >= 11 is 0. The molecular weight excluding hydrogens is 456 g/mol. The summed E-state index contributed by atoms with van der Waals surface area (Å²) in [4.78, 5) is 32.4. The van der Waals surface area contributed by atoms with Crippen molar-refractivity contribution in [2.45, 2.75) is 45.4 Å². The normalized spacial score (nSPS) is 13.2. The van der Waals surface area contributed by atoms with Crippen LogP contribution in [0.5, 0.6) is 5.88 Å². The Morgan fingerprint density at radius 3 is 2.53 bits per heavy atom. The maximum absolute atomic E-state index is 13.1. The van der Waals surface area contributed by atoms with Crippen LogP contribution in [0, 0.1) is 0 Å². The number of ether oxygens (including phenoxy) is 1. The van der Waals surface area contributed by atoms with Crippen molar-refractivity contribution < 1.29 is 19.4 Å². The first-order chi connectivity index (χ1) is 17.5. The van der Waals surface area contributed by atoms with Crippen LogP contribution in [0.2, 0.25) is 0 Å². The summed E-state index contributed by atoms with van der Waals surface area (Å²) in [6, 6.07) is 17.1. The second-order valence-corrected chi connectivity index (χ2v) is 8.60. The van der Waals surface area contributed by atoms with E-state index in [9.17, 15) is 9.59 Å². The van der Waals surface area contributed by atoms with Crippen LogP contribution in [-0.2, 0) is 17.6 Å². The number of aryl methyl sites for hydroxylation is 1. The molecule has 3 N–H and O–H groups in total. The van der Waals surface area contributed by atoms with Crippen molar-refractivity contribution in [3.63, 3.8) is 0 Å². The van der Waals surface area contributed by atoms with Gasteiger partial charge in [-0.05, 0) is 67.0 Å². The SMILES string of the molecule is CCc1ccc(C2=C(C(=O)Nc3ccc(OCCc4cccc(NC(=O)O)n4)nc3)CCCC2)cc1. The van der Waals surface area contributed by atoms with Gasteiger partial charge in [-0.3, -0.25) is 10.1 Å². The molecule has 36 heavy (non-hydrogen) atoms. The number of carbonyl (C=O) groups excluding carboxylic acids is 1. The van der Waals surface area contributed by atoms with E-state index in [1.54, 1.807) is 36.5 Å². The Kier molecular flexibility index (Phi) is 8.28. The highest BCUT2D eigenvalue weighted by Crippen LogP contribution is 2.33. The van der Waals surface area contributed by atoms with E-state index in [-0.39, 0.29) is 11.7 Å². The number of nitrogens with zero attached hydrogens (tertiary/aromatic N) is 2. The minimum atomic E-state index is -1.16. The van der Waals surface area contributed by atoms with Gasteiger partial charge in [0.15, 0.2) is 0 Å². The summed E-state index contributed by atoms with van der Waals surface area (Å²) in [6.07, 6.45) is 5.68. The quantitative estimate of drug-likeness (QED) is 0.357. The molecule has 2 heterocycles. The zero-order valence-corrected chi connectivity index (χ0v) is 20.3. The molecule has 1 aromatic carbocycles. The highest BCUT2D eigenvalue weighted by atomic mass is 16.5. The fourth-order valence-corrected chi connectivity index (χ4v) is 4.22. The topological polar surface area (TPSA) is 113 Å². The van der Waals surface area contributed by atoms with E-state index in [2.05, 4.69) is 51.8 Å². The lowest BCUT2D eigenvalue weighted by Crippen LogP contribution is -2.18. The molecule has 0 atom stereocenters. The van der Waals surface area contributed by atoms with Gasteiger partial charge in [0.2, 0.25) is 5.88 Å². The lowest BCUT2D eigenvalue weighted by Gasteiger charge is -2.20. The number of benzene rings is 1. The molecular formula is C28H30N4O4. The average molecular weight is 487 g/mol. The lowest BCUT2D eigenvalue weighted by atomic mass is 9.86. The minimum Gasteiger partial charge on any atom is -0.477 e. The molecule has 4 rings (SSSR count). The summed E-state index contributed by atoms with van der Waals surface area (Å²) in [6.45, 7) is 2.46. The summed E-state index contributed by atoms with van der Waals surface area (Å²) < 4.78 is 5.69. The number of nitrogens with one attached hydrogen (secondary N) is 2. The summed E-state index contributed by atoms with van der Waals surface area (Å²) in [5.41, 5.74) is 5.70. The molecule has 0 bridgehead atoms. The molecule has 2 amide bonds.